The molecule has 25 heavy (non-hydrogen) atoms. The van der Waals surface area contributed by atoms with Crippen molar-refractivity contribution in [3.05, 3.63) is 53.6 Å². The van der Waals surface area contributed by atoms with E-state index in [4.69, 9.17) is 9.47 Å². The first-order valence-corrected chi connectivity index (χ1v) is 9.27. The molecule has 0 aliphatic carbocycles. The van der Waals surface area contributed by atoms with Crippen LogP contribution in [0.15, 0.2) is 41.3 Å². The molecule has 0 saturated carbocycles. The number of sulfonamides is 1. The van der Waals surface area contributed by atoms with E-state index in [0.717, 1.165) is 17.7 Å². The van der Waals surface area contributed by atoms with E-state index in [1.165, 1.54) is 4.31 Å². The van der Waals surface area contributed by atoms with Crippen molar-refractivity contribution in [2.75, 3.05) is 13.3 Å². The van der Waals surface area contributed by atoms with E-state index in [1.807, 2.05) is 0 Å². The molecule has 1 unspecified atom stereocenters. The van der Waals surface area contributed by atoms with E-state index >= 15 is 0 Å². The average molecular weight is 367 g/mol. The number of rotatable bonds is 3. The van der Waals surface area contributed by atoms with Gasteiger partial charge in [-0.3, -0.25) is 0 Å². The van der Waals surface area contributed by atoms with Gasteiger partial charge in [0.25, 0.3) is 0 Å². The van der Waals surface area contributed by atoms with Gasteiger partial charge in [0, 0.05) is 12.6 Å². The lowest BCUT2D eigenvalue weighted by atomic mass is 10.0. The Morgan fingerprint density at radius 2 is 1.72 bits per heavy atom. The van der Waals surface area contributed by atoms with Crippen molar-refractivity contribution >= 4 is 10.0 Å². The molecule has 8 heteroatoms. The van der Waals surface area contributed by atoms with Crippen molar-refractivity contribution in [2.45, 2.75) is 23.8 Å². The molecule has 4 rings (SSSR count). The maximum Gasteiger partial charge on any atom is 0.243 e. The Kier molecular flexibility index (Phi) is 3.88. The van der Waals surface area contributed by atoms with Gasteiger partial charge in [-0.1, -0.05) is 6.07 Å². The number of ether oxygens (including phenoxy) is 2. The second-order valence-electron chi connectivity index (χ2n) is 5.99. The lowest BCUT2D eigenvalue weighted by Gasteiger charge is -2.24. The SMILES string of the molecule is O=S(=O)(c1cc(F)cc(F)c1)N1CCCC1c1ccc2c(c1)OCO2. The summed E-state index contributed by atoms with van der Waals surface area (Å²) in [7, 11) is -4.01. The van der Waals surface area contributed by atoms with E-state index in [1.54, 1.807) is 18.2 Å². The maximum atomic E-state index is 13.5. The summed E-state index contributed by atoms with van der Waals surface area (Å²) >= 11 is 0. The average Bonchev–Trinajstić information content (AvgIpc) is 3.22. The fourth-order valence-corrected chi connectivity index (χ4v) is 5.02. The first-order chi connectivity index (χ1) is 11.9. The van der Waals surface area contributed by atoms with E-state index in [9.17, 15) is 17.2 Å². The Labute approximate surface area is 143 Å². The van der Waals surface area contributed by atoms with E-state index < -0.39 is 27.7 Å². The summed E-state index contributed by atoms with van der Waals surface area (Å²) in [6.07, 6.45) is 1.28. The molecular weight excluding hydrogens is 352 g/mol. The van der Waals surface area contributed by atoms with Gasteiger partial charge in [-0.05, 0) is 42.7 Å². The zero-order valence-corrected chi connectivity index (χ0v) is 13.9. The molecule has 2 aliphatic heterocycles. The summed E-state index contributed by atoms with van der Waals surface area (Å²) in [5.41, 5.74) is 0.766. The van der Waals surface area contributed by atoms with E-state index in [0.29, 0.717) is 37.0 Å². The zero-order chi connectivity index (χ0) is 17.6. The Morgan fingerprint density at radius 3 is 2.48 bits per heavy atom. The second kappa shape index (κ2) is 5.96. The van der Waals surface area contributed by atoms with Crippen LogP contribution in [0.2, 0.25) is 0 Å². The number of halogens is 2. The van der Waals surface area contributed by atoms with Crippen LogP contribution in [-0.2, 0) is 10.0 Å². The minimum absolute atomic E-state index is 0.133. The van der Waals surface area contributed by atoms with E-state index in [2.05, 4.69) is 0 Å². The molecule has 0 N–H and O–H groups in total. The molecule has 0 bridgehead atoms. The van der Waals surface area contributed by atoms with Crippen LogP contribution in [0.5, 0.6) is 11.5 Å². The number of fused-ring (bicyclic) bond motifs is 1. The molecule has 2 aromatic rings. The van der Waals surface area contributed by atoms with E-state index in [-0.39, 0.29) is 11.7 Å². The second-order valence-corrected chi connectivity index (χ2v) is 7.88. The molecule has 0 amide bonds. The maximum absolute atomic E-state index is 13.5. The highest BCUT2D eigenvalue weighted by atomic mass is 32.2. The van der Waals surface area contributed by atoms with Crippen molar-refractivity contribution in [3.8, 4) is 11.5 Å². The van der Waals surface area contributed by atoms with Crippen LogP contribution in [0, 0.1) is 11.6 Å². The van der Waals surface area contributed by atoms with Crippen LogP contribution in [0.25, 0.3) is 0 Å². The molecule has 1 saturated heterocycles. The van der Waals surface area contributed by atoms with Crippen LogP contribution in [-0.4, -0.2) is 26.1 Å². The largest absolute Gasteiger partial charge is 0.454 e. The predicted molar refractivity (Wildman–Crippen MR) is 84.8 cm³/mol. The molecule has 0 aromatic heterocycles. The van der Waals surface area contributed by atoms with Crippen molar-refractivity contribution in [3.63, 3.8) is 0 Å². The lowest BCUT2D eigenvalue weighted by molar-refractivity contribution is 0.174. The molecule has 1 fully saturated rings. The van der Waals surface area contributed by atoms with Gasteiger partial charge in [0.05, 0.1) is 10.9 Å². The molecule has 5 nitrogen and oxygen atoms in total. The summed E-state index contributed by atoms with van der Waals surface area (Å²) in [6, 6.07) is 7.21. The molecule has 1 atom stereocenters. The summed E-state index contributed by atoms with van der Waals surface area (Å²) in [5, 5.41) is 0. The highest BCUT2D eigenvalue weighted by Crippen LogP contribution is 2.41. The van der Waals surface area contributed by atoms with Crippen molar-refractivity contribution < 1.29 is 26.7 Å². The van der Waals surface area contributed by atoms with Crippen LogP contribution >= 0.6 is 0 Å². The highest BCUT2D eigenvalue weighted by molar-refractivity contribution is 7.89. The molecule has 0 radical (unpaired) electrons. The van der Waals surface area contributed by atoms with Crippen LogP contribution in [0.1, 0.15) is 24.4 Å². The number of nitrogens with zero attached hydrogens (tertiary/aromatic N) is 1. The first kappa shape index (κ1) is 16.3. The molecule has 2 aliphatic rings. The fourth-order valence-electron chi connectivity index (χ4n) is 3.29. The minimum atomic E-state index is -4.01. The van der Waals surface area contributed by atoms with Gasteiger partial charge in [-0.2, -0.15) is 4.31 Å². The van der Waals surface area contributed by atoms with Gasteiger partial charge in [-0.25, -0.2) is 17.2 Å². The summed E-state index contributed by atoms with van der Waals surface area (Å²) in [4.78, 5) is -0.377. The Balaban J connectivity index is 1.71. The minimum Gasteiger partial charge on any atom is -0.454 e. The van der Waals surface area contributed by atoms with Gasteiger partial charge in [0.15, 0.2) is 11.5 Å². The standard InChI is InChI=1S/C17H15F2NO4S/c18-12-7-13(19)9-14(8-12)25(21,22)20-5-1-2-15(20)11-3-4-16-17(6-11)24-10-23-16/h3-4,6-9,15H,1-2,5,10H2. The van der Waals surface area contributed by atoms with Gasteiger partial charge in [0.2, 0.25) is 16.8 Å². The quantitative estimate of drug-likeness (QED) is 0.836. The first-order valence-electron chi connectivity index (χ1n) is 7.83. The Hall–Kier alpha value is -2.19. The fraction of sp³-hybridized carbons (Fsp3) is 0.294. The van der Waals surface area contributed by atoms with Crippen LogP contribution in [0.3, 0.4) is 0 Å². The number of hydrogen-bond acceptors (Lipinski definition) is 4. The third-order valence-corrected chi connectivity index (χ3v) is 6.31. The molecule has 2 heterocycles. The Morgan fingerprint density at radius 1 is 1.00 bits per heavy atom. The van der Waals surface area contributed by atoms with Crippen molar-refractivity contribution in [2.24, 2.45) is 0 Å². The smallest absolute Gasteiger partial charge is 0.243 e. The normalized spacial score (nSPS) is 20.2. The lowest BCUT2D eigenvalue weighted by Crippen LogP contribution is -2.30. The van der Waals surface area contributed by atoms with Crippen LogP contribution < -0.4 is 9.47 Å². The summed E-state index contributed by atoms with van der Waals surface area (Å²) in [6.45, 7) is 0.424. The molecule has 0 spiro atoms. The highest BCUT2D eigenvalue weighted by Gasteiger charge is 2.37. The number of benzene rings is 2. The van der Waals surface area contributed by atoms with Crippen molar-refractivity contribution in [1.82, 2.24) is 4.31 Å². The molecular formula is C17H15F2NO4S. The topological polar surface area (TPSA) is 55.8 Å². The predicted octanol–water partition coefficient (Wildman–Crippen LogP) is 3.22. The van der Waals surface area contributed by atoms with Gasteiger partial charge < -0.3 is 9.47 Å². The monoisotopic (exact) mass is 367 g/mol. The third-order valence-electron chi connectivity index (χ3n) is 4.43. The summed E-state index contributed by atoms with van der Waals surface area (Å²) in [5.74, 6) is -0.656. The molecule has 132 valence electrons. The Bertz CT molecular complexity index is 912. The molecule has 2 aromatic carbocycles. The van der Waals surface area contributed by atoms with Gasteiger partial charge in [-0.15, -0.1) is 0 Å². The van der Waals surface area contributed by atoms with Gasteiger partial charge >= 0.3 is 0 Å². The number of hydrogen-bond donors (Lipinski definition) is 0. The van der Waals surface area contributed by atoms with Crippen molar-refractivity contribution in [1.29, 1.82) is 0 Å². The van der Waals surface area contributed by atoms with Crippen LogP contribution in [0.4, 0.5) is 8.78 Å². The zero-order valence-electron chi connectivity index (χ0n) is 13.1. The summed E-state index contributed by atoms with van der Waals surface area (Å²) < 4.78 is 64.6. The third kappa shape index (κ3) is 2.85. The van der Waals surface area contributed by atoms with Gasteiger partial charge in [0.1, 0.15) is 11.6 Å².